The van der Waals surface area contributed by atoms with Gasteiger partial charge in [0, 0.05) is 16.8 Å². The highest BCUT2D eigenvalue weighted by Gasteiger charge is 2.23. The van der Waals surface area contributed by atoms with E-state index in [1.54, 1.807) is 30.3 Å². The molecular formula is C24H19ClFNO3. The maximum atomic E-state index is 13.4. The van der Waals surface area contributed by atoms with Gasteiger partial charge in [0.05, 0.1) is 11.6 Å². The van der Waals surface area contributed by atoms with E-state index in [9.17, 15) is 9.18 Å². The topological polar surface area (TPSA) is 47.6 Å². The van der Waals surface area contributed by atoms with Gasteiger partial charge in [-0.25, -0.2) is 4.39 Å². The third-order valence-corrected chi connectivity index (χ3v) is 4.91. The normalized spacial score (nSPS) is 13.8. The van der Waals surface area contributed by atoms with Crippen LogP contribution in [0.25, 0.3) is 11.6 Å². The average molecular weight is 424 g/mol. The summed E-state index contributed by atoms with van der Waals surface area (Å²) in [6.07, 6.45) is 1.77. The number of benzene rings is 3. The Morgan fingerprint density at radius 2 is 1.90 bits per heavy atom. The van der Waals surface area contributed by atoms with E-state index in [0.717, 1.165) is 11.3 Å². The van der Waals surface area contributed by atoms with Crippen molar-refractivity contribution in [2.45, 2.75) is 13.5 Å². The molecule has 1 N–H and O–H groups in total. The number of ether oxygens (including phenoxy) is 2. The standard InChI is InChI=1S/C24H19ClFNO3/c1-2-29-22-13-16(11-19-18-8-3-4-9-21(18)27-24(19)28)12-20(25)23(22)30-14-15-6-5-7-17(26)10-15/h3-13H,2,14H2,1H3,(H,27,28)/b19-11-. The molecule has 0 unspecified atom stereocenters. The Kier molecular flexibility index (Phi) is 5.72. The van der Waals surface area contributed by atoms with E-state index in [1.807, 2.05) is 31.2 Å². The minimum Gasteiger partial charge on any atom is -0.490 e. The lowest BCUT2D eigenvalue weighted by atomic mass is 10.0. The van der Waals surface area contributed by atoms with E-state index in [-0.39, 0.29) is 18.3 Å². The molecule has 4 nitrogen and oxygen atoms in total. The summed E-state index contributed by atoms with van der Waals surface area (Å²) in [6.45, 7) is 2.42. The second-order valence-corrected chi connectivity index (χ2v) is 7.15. The first kappa shape index (κ1) is 20.0. The molecule has 1 aliphatic heterocycles. The van der Waals surface area contributed by atoms with Crippen LogP contribution in [0.1, 0.15) is 23.6 Å². The van der Waals surface area contributed by atoms with Crippen LogP contribution < -0.4 is 14.8 Å². The Morgan fingerprint density at radius 1 is 1.07 bits per heavy atom. The highest BCUT2D eigenvalue weighted by atomic mass is 35.5. The van der Waals surface area contributed by atoms with Crippen molar-refractivity contribution >= 4 is 34.8 Å². The van der Waals surface area contributed by atoms with Crippen LogP contribution in [0.5, 0.6) is 11.5 Å². The van der Waals surface area contributed by atoms with Crippen LogP contribution in [0.15, 0.2) is 60.7 Å². The number of fused-ring (bicyclic) bond motifs is 1. The molecule has 0 aliphatic carbocycles. The van der Waals surface area contributed by atoms with Crippen molar-refractivity contribution in [3.05, 3.63) is 88.2 Å². The molecule has 0 spiro atoms. The fourth-order valence-corrected chi connectivity index (χ4v) is 3.58. The predicted octanol–water partition coefficient (Wildman–Crippen LogP) is 5.95. The van der Waals surface area contributed by atoms with Gasteiger partial charge in [-0.3, -0.25) is 4.79 Å². The number of hydrogen-bond acceptors (Lipinski definition) is 3. The molecule has 30 heavy (non-hydrogen) atoms. The Labute approximate surface area is 178 Å². The predicted molar refractivity (Wildman–Crippen MR) is 116 cm³/mol. The van der Waals surface area contributed by atoms with Crippen molar-refractivity contribution in [2.24, 2.45) is 0 Å². The summed E-state index contributed by atoms with van der Waals surface area (Å²) < 4.78 is 25.0. The van der Waals surface area contributed by atoms with Crippen LogP contribution >= 0.6 is 11.6 Å². The van der Waals surface area contributed by atoms with Gasteiger partial charge in [0.1, 0.15) is 12.4 Å². The lowest BCUT2D eigenvalue weighted by Crippen LogP contribution is -2.04. The second-order valence-electron chi connectivity index (χ2n) is 6.74. The molecule has 4 rings (SSSR count). The number of hydrogen-bond donors (Lipinski definition) is 1. The van der Waals surface area contributed by atoms with Crippen LogP contribution in [0, 0.1) is 5.82 Å². The minimum absolute atomic E-state index is 0.147. The molecule has 1 amide bonds. The Hall–Kier alpha value is -3.31. The van der Waals surface area contributed by atoms with Crippen molar-refractivity contribution in [3.8, 4) is 11.5 Å². The number of para-hydroxylation sites is 1. The van der Waals surface area contributed by atoms with E-state index in [1.165, 1.54) is 12.1 Å². The van der Waals surface area contributed by atoms with E-state index in [0.29, 0.717) is 39.8 Å². The lowest BCUT2D eigenvalue weighted by Gasteiger charge is -2.15. The zero-order valence-corrected chi connectivity index (χ0v) is 17.0. The molecular weight excluding hydrogens is 405 g/mol. The fourth-order valence-electron chi connectivity index (χ4n) is 3.31. The zero-order valence-electron chi connectivity index (χ0n) is 16.2. The summed E-state index contributed by atoms with van der Waals surface area (Å²) in [5.74, 6) is 0.335. The van der Waals surface area contributed by atoms with Crippen LogP contribution in [-0.4, -0.2) is 12.5 Å². The maximum Gasteiger partial charge on any atom is 0.256 e. The van der Waals surface area contributed by atoms with Gasteiger partial charge in [-0.15, -0.1) is 0 Å². The first-order chi connectivity index (χ1) is 14.5. The van der Waals surface area contributed by atoms with Crippen LogP contribution in [0.4, 0.5) is 10.1 Å². The molecule has 0 radical (unpaired) electrons. The molecule has 6 heteroatoms. The van der Waals surface area contributed by atoms with Crippen molar-refractivity contribution in [1.29, 1.82) is 0 Å². The smallest absolute Gasteiger partial charge is 0.256 e. The number of anilines is 1. The van der Waals surface area contributed by atoms with Crippen molar-refractivity contribution in [2.75, 3.05) is 11.9 Å². The summed E-state index contributed by atoms with van der Waals surface area (Å²) >= 11 is 6.48. The summed E-state index contributed by atoms with van der Waals surface area (Å²) in [7, 11) is 0. The molecule has 0 aromatic heterocycles. The summed E-state index contributed by atoms with van der Waals surface area (Å²) in [5.41, 5.74) is 3.56. The van der Waals surface area contributed by atoms with Gasteiger partial charge >= 0.3 is 0 Å². The molecule has 1 heterocycles. The number of carbonyl (C=O) groups is 1. The molecule has 1 aliphatic rings. The van der Waals surface area contributed by atoms with Gasteiger partial charge < -0.3 is 14.8 Å². The van der Waals surface area contributed by atoms with E-state index >= 15 is 0 Å². The second kappa shape index (κ2) is 8.59. The van der Waals surface area contributed by atoms with Gasteiger partial charge in [0.25, 0.3) is 5.91 Å². The first-order valence-corrected chi connectivity index (χ1v) is 9.89. The van der Waals surface area contributed by atoms with Crippen LogP contribution in [-0.2, 0) is 11.4 Å². The third-order valence-electron chi connectivity index (χ3n) is 4.62. The van der Waals surface area contributed by atoms with Gasteiger partial charge in [-0.1, -0.05) is 41.9 Å². The maximum absolute atomic E-state index is 13.4. The number of rotatable bonds is 6. The molecule has 152 valence electrons. The molecule has 0 bridgehead atoms. The number of halogens is 2. The Balaban J connectivity index is 1.66. The van der Waals surface area contributed by atoms with Crippen molar-refractivity contribution < 1.29 is 18.7 Å². The fraction of sp³-hybridized carbons (Fsp3) is 0.125. The first-order valence-electron chi connectivity index (χ1n) is 9.51. The monoisotopic (exact) mass is 423 g/mol. The zero-order chi connectivity index (χ0) is 21.1. The molecule has 3 aromatic rings. The molecule has 0 atom stereocenters. The Bertz CT molecular complexity index is 1140. The molecule has 3 aromatic carbocycles. The number of carbonyl (C=O) groups excluding carboxylic acids is 1. The van der Waals surface area contributed by atoms with Gasteiger partial charge in [0.2, 0.25) is 0 Å². The van der Waals surface area contributed by atoms with E-state index in [4.69, 9.17) is 21.1 Å². The molecule has 0 saturated carbocycles. The quantitative estimate of drug-likeness (QED) is 0.498. The summed E-state index contributed by atoms with van der Waals surface area (Å²) in [4.78, 5) is 12.4. The van der Waals surface area contributed by atoms with Crippen LogP contribution in [0.2, 0.25) is 5.02 Å². The van der Waals surface area contributed by atoms with E-state index in [2.05, 4.69) is 5.32 Å². The molecule has 0 saturated heterocycles. The Morgan fingerprint density at radius 3 is 2.70 bits per heavy atom. The van der Waals surface area contributed by atoms with Crippen LogP contribution in [0.3, 0.4) is 0 Å². The largest absolute Gasteiger partial charge is 0.490 e. The number of nitrogens with one attached hydrogen (secondary N) is 1. The van der Waals surface area contributed by atoms with Crippen molar-refractivity contribution in [1.82, 2.24) is 0 Å². The van der Waals surface area contributed by atoms with Crippen molar-refractivity contribution in [3.63, 3.8) is 0 Å². The summed E-state index contributed by atoms with van der Waals surface area (Å²) in [6, 6.07) is 17.2. The average Bonchev–Trinajstić information content (AvgIpc) is 3.03. The highest BCUT2D eigenvalue weighted by molar-refractivity contribution is 6.35. The minimum atomic E-state index is -0.329. The van der Waals surface area contributed by atoms with Gasteiger partial charge in [-0.2, -0.15) is 0 Å². The third kappa shape index (κ3) is 4.16. The molecule has 0 fully saturated rings. The van der Waals surface area contributed by atoms with E-state index < -0.39 is 0 Å². The lowest BCUT2D eigenvalue weighted by molar-refractivity contribution is -0.110. The SMILES string of the molecule is CCOc1cc(/C=C2\C(=O)Nc3ccccc32)cc(Cl)c1OCc1cccc(F)c1. The number of amides is 1. The summed E-state index contributed by atoms with van der Waals surface area (Å²) in [5, 5.41) is 3.19. The van der Waals surface area contributed by atoms with Gasteiger partial charge in [-0.05, 0) is 54.5 Å². The van der Waals surface area contributed by atoms with Gasteiger partial charge in [0.15, 0.2) is 11.5 Å². The highest BCUT2D eigenvalue weighted by Crippen LogP contribution is 2.39.